The van der Waals surface area contributed by atoms with Crippen molar-refractivity contribution >= 4 is 5.91 Å². The summed E-state index contributed by atoms with van der Waals surface area (Å²) in [5.41, 5.74) is 6.79. The molecule has 0 spiro atoms. The first-order valence-electron chi connectivity index (χ1n) is 5.16. The topological polar surface area (TPSA) is 60.1 Å². The molecule has 0 fully saturated rings. The molecule has 1 amide bonds. The number of rotatable bonds is 4. The SMILES string of the molecule is CC(C)[C@H](N)C(=O)NCc1cccn1C. The van der Waals surface area contributed by atoms with Crippen LogP contribution in [-0.2, 0) is 18.4 Å². The zero-order valence-corrected chi connectivity index (χ0v) is 9.53. The van der Waals surface area contributed by atoms with Gasteiger partial charge in [0.1, 0.15) is 0 Å². The zero-order valence-electron chi connectivity index (χ0n) is 9.53. The van der Waals surface area contributed by atoms with Gasteiger partial charge in [-0.05, 0) is 18.1 Å². The molecule has 4 nitrogen and oxygen atoms in total. The van der Waals surface area contributed by atoms with Crippen LogP contribution in [0.15, 0.2) is 18.3 Å². The largest absolute Gasteiger partial charge is 0.353 e. The second-order valence-electron chi connectivity index (χ2n) is 4.10. The molecule has 1 aromatic rings. The van der Waals surface area contributed by atoms with Crippen LogP contribution in [0.4, 0.5) is 0 Å². The summed E-state index contributed by atoms with van der Waals surface area (Å²) in [7, 11) is 1.95. The van der Waals surface area contributed by atoms with Gasteiger partial charge < -0.3 is 15.6 Å². The Hall–Kier alpha value is -1.29. The highest BCUT2D eigenvalue weighted by Crippen LogP contribution is 2.01. The molecule has 0 unspecified atom stereocenters. The van der Waals surface area contributed by atoms with Gasteiger partial charge in [-0.25, -0.2) is 0 Å². The van der Waals surface area contributed by atoms with Crippen LogP contribution in [-0.4, -0.2) is 16.5 Å². The van der Waals surface area contributed by atoms with Crippen molar-refractivity contribution in [2.75, 3.05) is 0 Å². The lowest BCUT2D eigenvalue weighted by Gasteiger charge is -2.15. The Kier molecular flexibility index (Phi) is 3.91. The number of nitrogens with two attached hydrogens (primary N) is 1. The van der Waals surface area contributed by atoms with Gasteiger partial charge in [0, 0.05) is 18.9 Å². The Bertz CT molecular complexity index is 330. The Morgan fingerprint density at radius 3 is 2.73 bits per heavy atom. The average molecular weight is 209 g/mol. The van der Waals surface area contributed by atoms with Crippen molar-refractivity contribution in [2.45, 2.75) is 26.4 Å². The van der Waals surface area contributed by atoms with E-state index in [1.165, 1.54) is 0 Å². The van der Waals surface area contributed by atoms with Gasteiger partial charge in [-0.15, -0.1) is 0 Å². The minimum atomic E-state index is -0.426. The maximum atomic E-state index is 11.5. The summed E-state index contributed by atoms with van der Waals surface area (Å²) in [4.78, 5) is 11.5. The van der Waals surface area contributed by atoms with E-state index in [1.807, 2.05) is 43.8 Å². The van der Waals surface area contributed by atoms with E-state index in [0.29, 0.717) is 6.54 Å². The van der Waals surface area contributed by atoms with E-state index in [9.17, 15) is 4.79 Å². The lowest BCUT2D eigenvalue weighted by atomic mass is 10.1. The van der Waals surface area contributed by atoms with Gasteiger partial charge in [0.2, 0.25) is 5.91 Å². The van der Waals surface area contributed by atoms with Crippen molar-refractivity contribution in [3.05, 3.63) is 24.0 Å². The number of nitrogens with zero attached hydrogens (tertiary/aromatic N) is 1. The molecule has 0 aliphatic carbocycles. The lowest BCUT2D eigenvalue weighted by Crippen LogP contribution is -2.43. The minimum Gasteiger partial charge on any atom is -0.353 e. The van der Waals surface area contributed by atoms with E-state index in [2.05, 4.69) is 5.32 Å². The van der Waals surface area contributed by atoms with Gasteiger partial charge in [0.05, 0.1) is 12.6 Å². The molecule has 0 aromatic carbocycles. The predicted molar refractivity (Wildman–Crippen MR) is 60.1 cm³/mol. The van der Waals surface area contributed by atoms with Gasteiger partial charge in [-0.1, -0.05) is 13.8 Å². The first-order valence-corrected chi connectivity index (χ1v) is 5.16. The summed E-state index contributed by atoms with van der Waals surface area (Å²) < 4.78 is 1.97. The number of hydrogen-bond donors (Lipinski definition) is 2. The Morgan fingerprint density at radius 2 is 2.27 bits per heavy atom. The molecule has 0 aliphatic heterocycles. The molecule has 1 aromatic heterocycles. The number of carbonyl (C=O) groups excluding carboxylic acids is 1. The molecule has 0 aliphatic rings. The molecule has 15 heavy (non-hydrogen) atoms. The Balaban J connectivity index is 2.44. The standard InChI is InChI=1S/C11H19N3O/c1-8(2)10(12)11(15)13-7-9-5-4-6-14(9)3/h4-6,8,10H,7,12H2,1-3H3,(H,13,15)/t10-/m0/s1. The van der Waals surface area contributed by atoms with E-state index in [1.54, 1.807) is 0 Å². The predicted octanol–water partition coefficient (Wildman–Crippen LogP) is 0.625. The van der Waals surface area contributed by atoms with Crippen molar-refractivity contribution in [1.82, 2.24) is 9.88 Å². The third-order valence-corrected chi connectivity index (χ3v) is 2.52. The summed E-state index contributed by atoms with van der Waals surface area (Å²) in [6, 6.07) is 3.50. The van der Waals surface area contributed by atoms with E-state index in [4.69, 9.17) is 5.73 Å². The molecule has 0 saturated carbocycles. The first-order chi connectivity index (χ1) is 7.02. The highest BCUT2D eigenvalue weighted by atomic mass is 16.2. The van der Waals surface area contributed by atoms with Crippen molar-refractivity contribution in [1.29, 1.82) is 0 Å². The monoisotopic (exact) mass is 209 g/mol. The maximum Gasteiger partial charge on any atom is 0.237 e. The van der Waals surface area contributed by atoms with E-state index >= 15 is 0 Å². The number of amides is 1. The Labute approximate surface area is 90.5 Å². The summed E-state index contributed by atoms with van der Waals surface area (Å²) in [5, 5.41) is 2.82. The number of aryl methyl sites for hydroxylation is 1. The van der Waals surface area contributed by atoms with Crippen LogP contribution in [0.5, 0.6) is 0 Å². The molecule has 4 heteroatoms. The molecule has 1 atom stereocenters. The second kappa shape index (κ2) is 4.98. The van der Waals surface area contributed by atoms with Crippen LogP contribution < -0.4 is 11.1 Å². The molecule has 0 radical (unpaired) electrons. The smallest absolute Gasteiger partial charge is 0.237 e. The number of hydrogen-bond acceptors (Lipinski definition) is 2. The van der Waals surface area contributed by atoms with Gasteiger partial charge in [-0.2, -0.15) is 0 Å². The quantitative estimate of drug-likeness (QED) is 0.764. The van der Waals surface area contributed by atoms with Crippen molar-refractivity contribution < 1.29 is 4.79 Å². The van der Waals surface area contributed by atoms with Crippen LogP contribution in [0.1, 0.15) is 19.5 Å². The lowest BCUT2D eigenvalue weighted by molar-refractivity contribution is -0.123. The molecular formula is C11H19N3O. The van der Waals surface area contributed by atoms with Crippen molar-refractivity contribution in [3.63, 3.8) is 0 Å². The van der Waals surface area contributed by atoms with Crippen LogP contribution in [0, 0.1) is 5.92 Å². The molecule has 3 N–H and O–H groups in total. The fourth-order valence-electron chi connectivity index (χ4n) is 1.28. The minimum absolute atomic E-state index is 0.0915. The molecule has 1 rings (SSSR count). The number of carbonyl (C=O) groups is 1. The third kappa shape index (κ3) is 3.09. The van der Waals surface area contributed by atoms with Crippen LogP contribution in [0.2, 0.25) is 0 Å². The van der Waals surface area contributed by atoms with Crippen LogP contribution in [0.3, 0.4) is 0 Å². The van der Waals surface area contributed by atoms with Crippen LogP contribution >= 0.6 is 0 Å². The van der Waals surface area contributed by atoms with Gasteiger partial charge >= 0.3 is 0 Å². The molecule has 0 saturated heterocycles. The first kappa shape index (κ1) is 11.8. The van der Waals surface area contributed by atoms with Crippen molar-refractivity contribution in [3.8, 4) is 0 Å². The van der Waals surface area contributed by atoms with E-state index in [0.717, 1.165) is 5.69 Å². The van der Waals surface area contributed by atoms with Gasteiger partial charge in [0.25, 0.3) is 0 Å². The van der Waals surface area contributed by atoms with Crippen LogP contribution in [0.25, 0.3) is 0 Å². The molecule has 84 valence electrons. The third-order valence-electron chi connectivity index (χ3n) is 2.52. The Morgan fingerprint density at radius 1 is 1.60 bits per heavy atom. The number of nitrogens with one attached hydrogen (secondary N) is 1. The highest BCUT2D eigenvalue weighted by Gasteiger charge is 2.16. The normalized spacial score (nSPS) is 12.9. The number of aromatic nitrogens is 1. The summed E-state index contributed by atoms with van der Waals surface area (Å²) in [6.45, 7) is 4.41. The summed E-state index contributed by atoms with van der Waals surface area (Å²) >= 11 is 0. The second-order valence-corrected chi connectivity index (χ2v) is 4.10. The summed E-state index contributed by atoms with van der Waals surface area (Å²) in [5.74, 6) is 0.0737. The van der Waals surface area contributed by atoms with Gasteiger partial charge in [0.15, 0.2) is 0 Å². The fourth-order valence-corrected chi connectivity index (χ4v) is 1.28. The molecule has 1 heterocycles. The highest BCUT2D eigenvalue weighted by molar-refractivity contribution is 5.81. The zero-order chi connectivity index (χ0) is 11.4. The molecular weight excluding hydrogens is 190 g/mol. The van der Waals surface area contributed by atoms with E-state index in [-0.39, 0.29) is 11.8 Å². The van der Waals surface area contributed by atoms with Gasteiger partial charge in [-0.3, -0.25) is 4.79 Å². The molecule has 0 bridgehead atoms. The average Bonchev–Trinajstić information content (AvgIpc) is 2.59. The fraction of sp³-hybridized carbons (Fsp3) is 0.545. The van der Waals surface area contributed by atoms with Crippen molar-refractivity contribution in [2.24, 2.45) is 18.7 Å². The summed E-state index contributed by atoms with van der Waals surface area (Å²) in [6.07, 6.45) is 1.95. The maximum absolute atomic E-state index is 11.5. The van der Waals surface area contributed by atoms with E-state index < -0.39 is 6.04 Å².